The minimum Gasteiger partial charge on any atom is -0.328 e. The monoisotopic (exact) mass is 226 g/mol. The van der Waals surface area contributed by atoms with E-state index in [1.807, 2.05) is 6.08 Å². The van der Waals surface area contributed by atoms with Gasteiger partial charge in [0.05, 0.1) is 0 Å². The van der Waals surface area contributed by atoms with Gasteiger partial charge in [-0.15, -0.1) is 31.4 Å². The number of nitrogens with two attached hydrogens (primary N) is 1. The lowest BCUT2D eigenvalue weighted by molar-refractivity contribution is 0.217. The summed E-state index contributed by atoms with van der Waals surface area (Å²) in [5, 5.41) is 0. The molecule has 0 saturated carbocycles. The Balaban J connectivity index is 0. The van der Waals surface area contributed by atoms with Crippen molar-refractivity contribution in [2.75, 3.05) is 19.6 Å². The first-order chi connectivity index (χ1) is 5.33. The van der Waals surface area contributed by atoms with Gasteiger partial charge in [0.25, 0.3) is 0 Å². The molecule has 0 aromatic rings. The lowest BCUT2D eigenvalue weighted by Gasteiger charge is -2.29. The van der Waals surface area contributed by atoms with Crippen LogP contribution in [0.2, 0.25) is 0 Å². The van der Waals surface area contributed by atoms with Crippen LogP contribution < -0.4 is 5.73 Å². The van der Waals surface area contributed by atoms with Crippen molar-refractivity contribution in [2.24, 2.45) is 5.73 Å². The topological polar surface area (TPSA) is 29.3 Å². The fourth-order valence-corrected chi connectivity index (χ4v) is 1.45. The standard InChI is InChI=1S/C9H18N2.2ClH/c1-2-3-6-11-7-4-9(10)5-8-11;;/h2,9H,1,3-8,10H2;2*1H. The van der Waals surface area contributed by atoms with Crippen molar-refractivity contribution >= 4 is 24.8 Å². The quantitative estimate of drug-likeness (QED) is 0.745. The third-order valence-corrected chi connectivity index (χ3v) is 2.28. The molecule has 0 aromatic carbocycles. The van der Waals surface area contributed by atoms with E-state index < -0.39 is 0 Å². The Hall–Kier alpha value is 0.240. The molecule has 0 unspecified atom stereocenters. The molecular weight excluding hydrogens is 207 g/mol. The molecule has 4 heteroatoms. The molecule has 1 fully saturated rings. The van der Waals surface area contributed by atoms with Crippen LogP contribution in [0, 0.1) is 0 Å². The highest BCUT2D eigenvalue weighted by atomic mass is 35.5. The number of piperidine rings is 1. The highest BCUT2D eigenvalue weighted by molar-refractivity contribution is 5.85. The normalized spacial score (nSPS) is 18.5. The van der Waals surface area contributed by atoms with E-state index >= 15 is 0 Å². The van der Waals surface area contributed by atoms with Gasteiger partial charge in [-0.05, 0) is 32.4 Å². The van der Waals surface area contributed by atoms with E-state index in [0.29, 0.717) is 6.04 Å². The van der Waals surface area contributed by atoms with E-state index in [0.717, 1.165) is 25.8 Å². The Kier molecular flexibility index (Phi) is 10.7. The van der Waals surface area contributed by atoms with Crippen molar-refractivity contribution in [1.82, 2.24) is 4.90 Å². The van der Waals surface area contributed by atoms with Crippen LogP contribution in [0.25, 0.3) is 0 Å². The number of hydrogen-bond donors (Lipinski definition) is 1. The summed E-state index contributed by atoms with van der Waals surface area (Å²) < 4.78 is 0. The van der Waals surface area contributed by atoms with Gasteiger partial charge in [-0.2, -0.15) is 0 Å². The van der Waals surface area contributed by atoms with Gasteiger partial charge in [0.2, 0.25) is 0 Å². The summed E-state index contributed by atoms with van der Waals surface area (Å²) in [6, 6.07) is 0.454. The maximum absolute atomic E-state index is 5.78. The molecule has 1 heterocycles. The molecule has 0 aromatic heterocycles. The number of likely N-dealkylation sites (tertiary alicyclic amines) is 1. The van der Waals surface area contributed by atoms with Crippen LogP contribution in [0.15, 0.2) is 12.7 Å². The second-order valence-electron chi connectivity index (χ2n) is 3.26. The molecule has 2 nitrogen and oxygen atoms in total. The van der Waals surface area contributed by atoms with Crippen LogP contribution in [0.5, 0.6) is 0 Å². The van der Waals surface area contributed by atoms with Crippen molar-refractivity contribution in [1.29, 1.82) is 0 Å². The zero-order chi connectivity index (χ0) is 8.10. The molecule has 0 radical (unpaired) electrons. The second kappa shape index (κ2) is 8.82. The summed E-state index contributed by atoms with van der Waals surface area (Å²) in [5.74, 6) is 0. The predicted octanol–water partition coefficient (Wildman–Crippen LogP) is 1.83. The number of rotatable bonds is 3. The molecule has 13 heavy (non-hydrogen) atoms. The van der Waals surface area contributed by atoms with Gasteiger partial charge in [0.1, 0.15) is 0 Å². The van der Waals surface area contributed by atoms with Gasteiger partial charge in [0.15, 0.2) is 0 Å². The van der Waals surface area contributed by atoms with Gasteiger partial charge in [-0.3, -0.25) is 0 Å². The van der Waals surface area contributed by atoms with Crippen molar-refractivity contribution in [3.8, 4) is 0 Å². The number of nitrogens with zero attached hydrogens (tertiary/aromatic N) is 1. The lowest BCUT2D eigenvalue weighted by Crippen LogP contribution is -2.39. The third-order valence-electron chi connectivity index (χ3n) is 2.28. The lowest BCUT2D eigenvalue weighted by atomic mass is 10.1. The number of halogens is 2. The Morgan fingerprint density at radius 2 is 1.85 bits per heavy atom. The molecular formula is C9H20Cl2N2. The summed E-state index contributed by atoms with van der Waals surface area (Å²) in [7, 11) is 0. The Bertz CT molecular complexity index is 123. The van der Waals surface area contributed by atoms with E-state index in [1.165, 1.54) is 13.1 Å². The maximum Gasteiger partial charge on any atom is 0.00631 e. The molecule has 80 valence electrons. The first-order valence-electron chi connectivity index (χ1n) is 4.42. The maximum atomic E-state index is 5.78. The highest BCUT2D eigenvalue weighted by Crippen LogP contribution is 2.07. The third kappa shape index (κ3) is 6.33. The fraction of sp³-hybridized carbons (Fsp3) is 0.778. The minimum atomic E-state index is 0. The molecule has 0 amide bonds. The molecule has 1 rings (SSSR count). The van der Waals surface area contributed by atoms with E-state index in [4.69, 9.17) is 5.73 Å². The molecule has 1 saturated heterocycles. The summed E-state index contributed by atoms with van der Waals surface area (Å²) in [6.07, 6.45) is 5.41. The summed E-state index contributed by atoms with van der Waals surface area (Å²) in [5.41, 5.74) is 5.78. The zero-order valence-corrected chi connectivity index (χ0v) is 9.58. The van der Waals surface area contributed by atoms with Gasteiger partial charge in [-0.1, -0.05) is 6.08 Å². The van der Waals surface area contributed by atoms with Crippen LogP contribution in [0.4, 0.5) is 0 Å². The molecule has 2 N–H and O–H groups in total. The second-order valence-corrected chi connectivity index (χ2v) is 3.26. The predicted molar refractivity (Wildman–Crippen MR) is 63.0 cm³/mol. The van der Waals surface area contributed by atoms with Crippen LogP contribution in [-0.4, -0.2) is 30.6 Å². The smallest absolute Gasteiger partial charge is 0.00631 e. The molecule has 1 aliphatic heterocycles. The largest absolute Gasteiger partial charge is 0.328 e. The average molecular weight is 227 g/mol. The van der Waals surface area contributed by atoms with Crippen molar-refractivity contribution < 1.29 is 0 Å². The van der Waals surface area contributed by atoms with E-state index in [9.17, 15) is 0 Å². The van der Waals surface area contributed by atoms with Crippen LogP contribution in [0.1, 0.15) is 19.3 Å². The first kappa shape index (κ1) is 15.7. The van der Waals surface area contributed by atoms with Crippen molar-refractivity contribution in [3.63, 3.8) is 0 Å². The molecule has 0 spiro atoms. The molecule has 0 bridgehead atoms. The Labute approximate surface area is 93.4 Å². The highest BCUT2D eigenvalue weighted by Gasteiger charge is 2.14. The van der Waals surface area contributed by atoms with Gasteiger partial charge >= 0.3 is 0 Å². The fourth-order valence-electron chi connectivity index (χ4n) is 1.45. The Morgan fingerprint density at radius 1 is 1.31 bits per heavy atom. The molecule has 0 atom stereocenters. The van der Waals surface area contributed by atoms with Crippen molar-refractivity contribution in [2.45, 2.75) is 25.3 Å². The summed E-state index contributed by atoms with van der Waals surface area (Å²) in [6.45, 7) is 7.22. The van der Waals surface area contributed by atoms with E-state index in [1.54, 1.807) is 0 Å². The van der Waals surface area contributed by atoms with Gasteiger partial charge in [-0.25, -0.2) is 0 Å². The van der Waals surface area contributed by atoms with E-state index in [2.05, 4.69) is 11.5 Å². The van der Waals surface area contributed by atoms with Gasteiger partial charge < -0.3 is 10.6 Å². The van der Waals surface area contributed by atoms with Crippen LogP contribution in [0.3, 0.4) is 0 Å². The van der Waals surface area contributed by atoms with Crippen molar-refractivity contribution in [3.05, 3.63) is 12.7 Å². The molecule has 1 aliphatic rings. The summed E-state index contributed by atoms with van der Waals surface area (Å²) in [4.78, 5) is 2.46. The molecule has 0 aliphatic carbocycles. The minimum absolute atomic E-state index is 0. The summed E-state index contributed by atoms with van der Waals surface area (Å²) >= 11 is 0. The number of hydrogen-bond acceptors (Lipinski definition) is 2. The SMILES string of the molecule is C=CCCN1CCC(N)CC1.Cl.Cl. The van der Waals surface area contributed by atoms with Crippen LogP contribution >= 0.6 is 24.8 Å². The Morgan fingerprint density at radius 3 is 2.31 bits per heavy atom. The average Bonchev–Trinajstić information content (AvgIpc) is 2.04. The zero-order valence-electron chi connectivity index (χ0n) is 7.95. The van der Waals surface area contributed by atoms with E-state index in [-0.39, 0.29) is 24.8 Å². The van der Waals surface area contributed by atoms with Gasteiger partial charge in [0, 0.05) is 12.6 Å². The first-order valence-corrected chi connectivity index (χ1v) is 4.42. The van der Waals surface area contributed by atoms with Crippen LogP contribution in [-0.2, 0) is 0 Å².